The molecule has 0 radical (unpaired) electrons. The third-order valence-corrected chi connectivity index (χ3v) is 5.91. The molecule has 1 saturated heterocycles. The number of para-hydroxylation sites is 1. The van der Waals surface area contributed by atoms with Crippen molar-refractivity contribution in [3.63, 3.8) is 0 Å². The molecule has 35 heavy (non-hydrogen) atoms. The van der Waals surface area contributed by atoms with Crippen molar-refractivity contribution in [1.82, 2.24) is 5.32 Å². The van der Waals surface area contributed by atoms with E-state index in [-0.39, 0.29) is 17.2 Å². The minimum absolute atomic E-state index is 0.213. The smallest absolute Gasteiger partial charge is 0.335 e. The molecular weight excluding hydrogens is 468 g/mol. The van der Waals surface area contributed by atoms with Gasteiger partial charge in [-0.3, -0.25) is 14.9 Å². The number of hydrogen-bond acceptors (Lipinski definition) is 5. The standard InChI is InChI=1S/C27H23ClN2O5/c1-16-9-10-18(11-17(16)2)15-35-24-22(28)13-19(14-23(24)34-3)12-21-25(31)29-27(33)30(26(21)32)20-7-5-4-6-8-20/h4-14H,15H2,1-3H3,(H,29,31,33)/b21-12+. The van der Waals surface area contributed by atoms with Crippen LogP contribution in [-0.4, -0.2) is 25.0 Å². The Hall–Kier alpha value is -4.10. The highest BCUT2D eigenvalue weighted by molar-refractivity contribution is 6.39. The van der Waals surface area contributed by atoms with Gasteiger partial charge in [-0.1, -0.05) is 48.0 Å². The summed E-state index contributed by atoms with van der Waals surface area (Å²) >= 11 is 6.49. The maximum atomic E-state index is 13.1. The third-order valence-electron chi connectivity index (χ3n) is 5.63. The lowest BCUT2D eigenvalue weighted by Crippen LogP contribution is -2.54. The minimum atomic E-state index is -0.811. The van der Waals surface area contributed by atoms with E-state index in [1.54, 1.807) is 42.5 Å². The number of barbiturate groups is 1. The molecule has 0 aromatic heterocycles. The Balaban J connectivity index is 1.63. The second-order valence-corrected chi connectivity index (χ2v) is 8.44. The lowest BCUT2D eigenvalue weighted by atomic mass is 10.1. The predicted molar refractivity (Wildman–Crippen MR) is 134 cm³/mol. The highest BCUT2D eigenvalue weighted by Gasteiger charge is 2.36. The van der Waals surface area contributed by atoms with E-state index in [4.69, 9.17) is 21.1 Å². The molecule has 0 saturated carbocycles. The van der Waals surface area contributed by atoms with Gasteiger partial charge >= 0.3 is 6.03 Å². The topological polar surface area (TPSA) is 84.9 Å². The molecule has 1 heterocycles. The number of halogens is 1. The van der Waals surface area contributed by atoms with Gasteiger partial charge in [-0.15, -0.1) is 0 Å². The fourth-order valence-corrected chi connectivity index (χ4v) is 3.92. The van der Waals surface area contributed by atoms with Gasteiger partial charge in [-0.25, -0.2) is 9.69 Å². The number of hydrogen-bond donors (Lipinski definition) is 1. The van der Waals surface area contributed by atoms with Crippen molar-refractivity contribution in [2.24, 2.45) is 0 Å². The predicted octanol–water partition coefficient (Wildman–Crippen LogP) is 5.21. The molecule has 0 spiro atoms. The van der Waals surface area contributed by atoms with Gasteiger partial charge in [0.1, 0.15) is 12.2 Å². The van der Waals surface area contributed by atoms with E-state index >= 15 is 0 Å². The first kappa shape index (κ1) is 24.0. The number of benzene rings is 3. The zero-order valence-electron chi connectivity index (χ0n) is 19.4. The first-order chi connectivity index (χ1) is 16.8. The number of carbonyl (C=O) groups excluding carboxylic acids is 3. The molecule has 3 aromatic rings. The summed E-state index contributed by atoms with van der Waals surface area (Å²) in [7, 11) is 1.47. The molecule has 1 aliphatic rings. The van der Waals surface area contributed by atoms with Crippen LogP contribution in [0, 0.1) is 13.8 Å². The Labute approximate surface area is 207 Å². The average Bonchev–Trinajstić information content (AvgIpc) is 2.83. The van der Waals surface area contributed by atoms with Gasteiger partial charge < -0.3 is 9.47 Å². The lowest BCUT2D eigenvalue weighted by molar-refractivity contribution is -0.122. The van der Waals surface area contributed by atoms with Crippen LogP contribution in [0.1, 0.15) is 22.3 Å². The SMILES string of the molecule is COc1cc(/C=C2\C(=O)NC(=O)N(c3ccccc3)C2=O)cc(Cl)c1OCc1ccc(C)c(C)c1. The van der Waals surface area contributed by atoms with Crippen molar-refractivity contribution in [3.05, 3.63) is 93.5 Å². The number of rotatable bonds is 6. The molecule has 7 nitrogen and oxygen atoms in total. The molecule has 3 aromatic carbocycles. The number of aryl methyl sites for hydroxylation is 2. The van der Waals surface area contributed by atoms with Gasteiger partial charge in [0.2, 0.25) is 0 Å². The molecule has 0 unspecified atom stereocenters. The molecule has 1 aliphatic heterocycles. The van der Waals surface area contributed by atoms with Crippen LogP contribution in [0.4, 0.5) is 10.5 Å². The number of anilines is 1. The van der Waals surface area contributed by atoms with Gasteiger partial charge in [0.05, 0.1) is 17.8 Å². The number of methoxy groups -OCH3 is 1. The molecule has 4 rings (SSSR count). The number of carbonyl (C=O) groups is 3. The summed E-state index contributed by atoms with van der Waals surface area (Å²) in [4.78, 5) is 38.8. The fourth-order valence-electron chi connectivity index (χ4n) is 3.65. The Bertz CT molecular complexity index is 1350. The van der Waals surface area contributed by atoms with Gasteiger partial charge in [0.25, 0.3) is 11.8 Å². The number of ether oxygens (including phenoxy) is 2. The Morgan fingerprint density at radius 2 is 1.71 bits per heavy atom. The van der Waals surface area contributed by atoms with Crippen molar-refractivity contribution in [1.29, 1.82) is 0 Å². The van der Waals surface area contributed by atoms with Crippen molar-refractivity contribution in [3.8, 4) is 11.5 Å². The van der Waals surface area contributed by atoms with Crippen LogP contribution >= 0.6 is 11.6 Å². The Morgan fingerprint density at radius 3 is 2.40 bits per heavy atom. The lowest BCUT2D eigenvalue weighted by Gasteiger charge is -2.26. The maximum Gasteiger partial charge on any atom is 0.335 e. The quantitative estimate of drug-likeness (QED) is 0.378. The fraction of sp³-hybridized carbons (Fsp3) is 0.148. The first-order valence-corrected chi connectivity index (χ1v) is 11.2. The third kappa shape index (κ3) is 5.05. The van der Waals surface area contributed by atoms with Gasteiger partial charge in [0, 0.05) is 0 Å². The van der Waals surface area contributed by atoms with Crippen molar-refractivity contribution >= 4 is 41.2 Å². The van der Waals surface area contributed by atoms with E-state index in [2.05, 4.69) is 5.32 Å². The monoisotopic (exact) mass is 490 g/mol. The molecule has 178 valence electrons. The normalized spacial score (nSPS) is 14.8. The second kappa shape index (κ2) is 10.0. The van der Waals surface area contributed by atoms with Crippen molar-refractivity contribution < 1.29 is 23.9 Å². The van der Waals surface area contributed by atoms with E-state index < -0.39 is 17.8 Å². The van der Waals surface area contributed by atoms with Crippen LogP contribution in [0.3, 0.4) is 0 Å². The average molecular weight is 491 g/mol. The molecule has 0 aliphatic carbocycles. The largest absolute Gasteiger partial charge is 0.493 e. The zero-order valence-corrected chi connectivity index (χ0v) is 20.2. The Kier molecular flexibility index (Phi) is 6.89. The zero-order chi connectivity index (χ0) is 25.1. The van der Waals surface area contributed by atoms with E-state index in [1.165, 1.54) is 18.7 Å². The number of urea groups is 1. The molecular formula is C27H23ClN2O5. The summed E-state index contributed by atoms with van der Waals surface area (Å²) < 4.78 is 11.4. The van der Waals surface area contributed by atoms with E-state index in [0.717, 1.165) is 16.0 Å². The van der Waals surface area contributed by atoms with Gasteiger partial charge in [-0.2, -0.15) is 0 Å². The van der Waals surface area contributed by atoms with Crippen LogP contribution in [0.15, 0.2) is 66.2 Å². The minimum Gasteiger partial charge on any atom is -0.493 e. The molecule has 4 amide bonds. The van der Waals surface area contributed by atoms with Crippen LogP contribution in [0.2, 0.25) is 5.02 Å². The molecule has 1 N–H and O–H groups in total. The maximum absolute atomic E-state index is 13.1. The van der Waals surface area contributed by atoms with E-state index in [9.17, 15) is 14.4 Å². The van der Waals surface area contributed by atoms with Crippen molar-refractivity contribution in [2.75, 3.05) is 12.0 Å². The number of nitrogens with zero attached hydrogens (tertiary/aromatic N) is 1. The van der Waals surface area contributed by atoms with Gasteiger partial charge in [-0.05, 0) is 66.4 Å². The van der Waals surface area contributed by atoms with Crippen LogP contribution in [-0.2, 0) is 16.2 Å². The number of imide groups is 2. The molecule has 0 bridgehead atoms. The highest BCUT2D eigenvalue weighted by Crippen LogP contribution is 2.38. The van der Waals surface area contributed by atoms with Crippen LogP contribution < -0.4 is 19.7 Å². The van der Waals surface area contributed by atoms with Crippen LogP contribution in [0.25, 0.3) is 6.08 Å². The summed E-state index contributed by atoms with van der Waals surface area (Å²) in [6, 6.07) is 16.8. The van der Waals surface area contributed by atoms with E-state index in [0.29, 0.717) is 22.7 Å². The first-order valence-electron chi connectivity index (χ1n) is 10.8. The summed E-state index contributed by atoms with van der Waals surface area (Å²) in [5, 5.41) is 2.45. The Morgan fingerprint density at radius 1 is 0.971 bits per heavy atom. The second-order valence-electron chi connectivity index (χ2n) is 8.03. The van der Waals surface area contributed by atoms with Crippen LogP contribution in [0.5, 0.6) is 11.5 Å². The highest BCUT2D eigenvalue weighted by atomic mass is 35.5. The van der Waals surface area contributed by atoms with Crippen molar-refractivity contribution in [2.45, 2.75) is 20.5 Å². The van der Waals surface area contributed by atoms with Gasteiger partial charge in [0.15, 0.2) is 11.5 Å². The number of nitrogens with one attached hydrogen (secondary N) is 1. The molecule has 0 atom stereocenters. The summed E-state index contributed by atoms with van der Waals surface area (Å²) in [6.45, 7) is 4.36. The molecule has 8 heteroatoms. The molecule has 1 fully saturated rings. The summed E-state index contributed by atoms with van der Waals surface area (Å²) in [6.07, 6.45) is 1.36. The summed E-state index contributed by atoms with van der Waals surface area (Å²) in [5.41, 5.74) is 3.90. The number of amides is 4. The van der Waals surface area contributed by atoms with E-state index in [1.807, 2.05) is 32.0 Å². The summed E-state index contributed by atoms with van der Waals surface area (Å²) in [5.74, 6) is -0.852.